The molecule has 4 aromatic carbocycles. The van der Waals surface area contributed by atoms with Gasteiger partial charge in [-0.05, 0) is 47.9 Å². The molecule has 20 heteroatoms. The summed E-state index contributed by atoms with van der Waals surface area (Å²) in [5.74, 6) is -0.488. The second-order valence-corrected chi connectivity index (χ2v) is 9.89. The van der Waals surface area contributed by atoms with Gasteiger partial charge in [-0.3, -0.25) is 4.55 Å². The first kappa shape index (κ1) is 36.4. The van der Waals surface area contributed by atoms with Crippen LogP contribution in [-0.2, 0) is 48.4 Å². The molecule has 0 spiro atoms. The summed E-state index contributed by atoms with van der Waals surface area (Å²) in [6.07, 6.45) is 0. The third-order valence-corrected chi connectivity index (χ3v) is 5.92. The molecule has 6 N–H and O–H groups in total. The van der Waals surface area contributed by atoms with Gasteiger partial charge >= 0.3 is 21.2 Å². The Hall–Kier alpha value is -4.59. The van der Waals surface area contributed by atoms with E-state index in [0.717, 1.165) is 18.2 Å². The van der Waals surface area contributed by atoms with E-state index in [1.807, 2.05) is 0 Å². The van der Waals surface area contributed by atoms with Crippen molar-refractivity contribution in [2.45, 2.75) is 4.90 Å². The van der Waals surface area contributed by atoms with Gasteiger partial charge in [0.15, 0.2) is 5.75 Å². The van der Waals surface area contributed by atoms with Crippen LogP contribution in [0.3, 0.4) is 0 Å². The van der Waals surface area contributed by atoms with E-state index in [1.54, 1.807) is 49.5 Å². The molecule has 0 fully saturated rings. The van der Waals surface area contributed by atoms with Gasteiger partial charge in [0, 0.05) is 24.1 Å². The minimum absolute atomic E-state index is 0. The van der Waals surface area contributed by atoms with E-state index in [4.69, 9.17) is 25.3 Å². The summed E-state index contributed by atoms with van der Waals surface area (Å²) in [7, 11) is -9.09. The Labute approximate surface area is 257 Å². The van der Waals surface area contributed by atoms with E-state index in [0.29, 0.717) is 16.5 Å². The molecule has 43 heavy (non-hydrogen) atoms. The molecule has 4 aromatic rings. The maximum atomic E-state index is 11.5. The molecule has 0 heterocycles. The number of anilines is 3. The van der Waals surface area contributed by atoms with E-state index in [-0.39, 0.29) is 57.1 Å². The maximum absolute atomic E-state index is 11.5. The first-order valence-corrected chi connectivity index (χ1v) is 14.4. The molecule has 0 saturated heterocycles. The van der Waals surface area contributed by atoms with Crippen LogP contribution in [0.25, 0.3) is 10.8 Å². The van der Waals surface area contributed by atoms with Crippen molar-refractivity contribution in [1.82, 2.24) is 0 Å². The van der Waals surface area contributed by atoms with Crippen LogP contribution in [0.2, 0.25) is 0 Å². The van der Waals surface area contributed by atoms with Crippen LogP contribution < -0.4 is 10.6 Å². The first-order valence-electron chi connectivity index (χ1n) is 10.9. The zero-order valence-electron chi connectivity index (χ0n) is 21.3. The molecule has 0 aliphatic rings. The predicted molar refractivity (Wildman–Crippen MR) is 148 cm³/mol. The monoisotopic (exact) mass is 703 g/mol. The van der Waals surface area contributed by atoms with Crippen molar-refractivity contribution in [1.29, 1.82) is 0 Å². The fourth-order valence-corrected chi connectivity index (χ4v) is 3.89. The Morgan fingerprint density at radius 3 is 1.91 bits per heavy atom. The number of aromatic hydroxyl groups is 3. The van der Waals surface area contributed by atoms with E-state index < -0.39 is 36.2 Å². The summed E-state index contributed by atoms with van der Waals surface area (Å²) in [4.78, 5) is -0.423. The smallest absolute Gasteiger partial charge is 0.425 e. The predicted octanol–water partition coefficient (Wildman–Crippen LogP) is 3.39. The van der Waals surface area contributed by atoms with Gasteiger partial charge in [-0.1, -0.05) is 24.3 Å². The van der Waals surface area contributed by atoms with Crippen molar-refractivity contribution in [3.8, 4) is 17.2 Å². The molecule has 0 amide bonds. The van der Waals surface area contributed by atoms with Gasteiger partial charge in [0.2, 0.25) is 0 Å². The Morgan fingerprint density at radius 2 is 1.33 bits per heavy atom. The molecule has 0 saturated carbocycles. The molecule has 233 valence electrons. The molecule has 1 radical (unpaired) electrons. The van der Waals surface area contributed by atoms with Crippen molar-refractivity contribution in [3.63, 3.8) is 0 Å². The first-order chi connectivity index (χ1) is 19.6. The number of phenols is 3. The number of nitrogens with one attached hydrogen (secondary N) is 2. The van der Waals surface area contributed by atoms with E-state index in [9.17, 15) is 28.3 Å². The molecule has 4 rings (SSSR count). The quantitative estimate of drug-likeness (QED) is 0.0727. The normalized spacial score (nSPS) is 10.4. The van der Waals surface area contributed by atoms with E-state index in [2.05, 4.69) is 20.9 Å². The number of phenolic OH excluding ortho intramolecular Hbond substituents is 3. The van der Waals surface area contributed by atoms with Gasteiger partial charge < -0.3 is 26.0 Å². The molecule has 0 aliphatic carbocycles. The molecular formula is C23H20CuN4O12S3. The summed E-state index contributed by atoms with van der Waals surface area (Å²) in [5, 5.41) is 46.3. The van der Waals surface area contributed by atoms with Crippen LogP contribution in [0.4, 0.5) is 28.4 Å². The molecule has 0 atom stereocenters. The van der Waals surface area contributed by atoms with E-state index in [1.165, 1.54) is 6.07 Å². The summed E-state index contributed by atoms with van der Waals surface area (Å²) in [5.41, 5.74) is 1.02. The third-order valence-electron chi connectivity index (χ3n) is 5.07. The van der Waals surface area contributed by atoms with Crippen molar-refractivity contribution >= 4 is 70.5 Å². The van der Waals surface area contributed by atoms with Crippen LogP contribution >= 0.6 is 0 Å². The molecule has 0 bridgehead atoms. The van der Waals surface area contributed by atoms with Crippen LogP contribution in [-0.4, -0.2) is 60.6 Å². The minimum atomic E-state index is -4.51. The van der Waals surface area contributed by atoms with Crippen molar-refractivity contribution in [2.75, 3.05) is 17.7 Å². The van der Waals surface area contributed by atoms with Crippen molar-refractivity contribution in [3.05, 3.63) is 66.7 Å². The third kappa shape index (κ3) is 10.6. The Kier molecular flexibility index (Phi) is 13.7. The number of azo groups is 1. The minimum Gasteiger partial charge on any atom is -0.507 e. The van der Waals surface area contributed by atoms with Gasteiger partial charge in [0.05, 0.1) is 27.3 Å². The average molecular weight is 704 g/mol. The van der Waals surface area contributed by atoms with E-state index >= 15 is 0 Å². The molecular weight excluding hydrogens is 684 g/mol. The SMILES string of the molecule is CNc1cccc(N=Nc2c(Nc3cc(S(=O)(=O)O)ccc3O)ccc3cccc(O)c23)c1O.O=S(=O)=O.O=S(=O)=O.[Cu]. The van der Waals surface area contributed by atoms with Gasteiger partial charge in [0.1, 0.15) is 22.9 Å². The van der Waals surface area contributed by atoms with Crippen molar-refractivity contribution < 1.29 is 70.6 Å². The number of rotatable bonds is 6. The summed E-state index contributed by atoms with van der Waals surface area (Å²) < 4.78 is 83.1. The Bertz CT molecular complexity index is 1950. The fourth-order valence-electron chi connectivity index (χ4n) is 3.38. The molecule has 0 aliphatic heterocycles. The van der Waals surface area contributed by atoms with Crippen LogP contribution in [0.15, 0.2) is 81.9 Å². The standard InChI is InChI=1S/C23H20N4O6S.Cu.2O3S/c1-24-16-5-3-6-17(23(16)30)26-27-22-15(10-8-13-4-2-7-20(29)21(13)22)25-18-12-14(34(31,32)33)9-11-19(18)28;;2*1-4(2)3/h2-12,24-25,28-30H,1H3,(H,31,32,33);;;. The number of fused-ring (bicyclic) bond motifs is 1. The van der Waals surface area contributed by atoms with Gasteiger partial charge in [-0.25, -0.2) is 0 Å². The van der Waals surface area contributed by atoms with Crippen LogP contribution in [0, 0.1) is 0 Å². The van der Waals surface area contributed by atoms with Crippen LogP contribution in [0.5, 0.6) is 17.2 Å². The molecule has 0 aromatic heterocycles. The largest absolute Gasteiger partial charge is 0.507 e. The second kappa shape index (κ2) is 16.2. The fraction of sp³-hybridized carbons (Fsp3) is 0.0435. The number of benzene rings is 4. The molecule has 0 unspecified atom stereocenters. The topological polar surface area (TPSA) is 266 Å². The Morgan fingerprint density at radius 1 is 0.721 bits per heavy atom. The number of hydrogen-bond donors (Lipinski definition) is 6. The number of nitrogens with zero attached hydrogens (tertiary/aromatic N) is 2. The summed E-state index contributed by atoms with van der Waals surface area (Å²) in [6, 6.07) is 16.3. The Balaban J connectivity index is 0.000000917. The summed E-state index contributed by atoms with van der Waals surface area (Å²) >= 11 is 0. The van der Waals surface area contributed by atoms with Crippen LogP contribution in [0.1, 0.15) is 0 Å². The number of hydrogen-bond acceptors (Lipinski definition) is 15. The zero-order valence-corrected chi connectivity index (χ0v) is 24.7. The maximum Gasteiger partial charge on any atom is 0.425 e. The van der Waals surface area contributed by atoms with Gasteiger partial charge in [-0.2, -0.15) is 8.42 Å². The molecule has 16 nitrogen and oxygen atoms in total. The average Bonchev–Trinajstić information content (AvgIpc) is 2.89. The van der Waals surface area contributed by atoms with Gasteiger partial charge in [-0.15, -0.1) is 35.5 Å². The summed E-state index contributed by atoms with van der Waals surface area (Å²) in [6.45, 7) is 0. The van der Waals surface area contributed by atoms with Gasteiger partial charge in [0.25, 0.3) is 10.1 Å². The zero-order chi connectivity index (χ0) is 31.6. The number of para-hydroxylation sites is 1. The van der Waals surface area contributed by atoms with Crippen molar-refractivity contribution in [2.24, 2.45) is 10.2 Å². The second-order valence-electron chi connectivity index (χ2n) is 7.65.